The smallest absolute Gasteiger partial charge is 0.403 e. The fourth-order valence-electron chi connectivity index (χ4n) is 4.21. The standard InChI is InChI=1S/C24H15Cl3F3N7O/c25-13-1-4-15(5-2-13)37-18(10-36-12-31-11-32-36)19(33-20(37)16-6-3-14(26)9-17(16)27)21-34-35-22(38-21)23(7-8-23)24(28,29)30/h1-6,9,11-12H,7-8,10H2. The first-order valence-electron chi connectivity index (χ1n) is 11.2. The molecule has 0 atom stereocenters. The summed E-state index contributed by atoms with van der Waals surface area (Å²) in [7, 11) is 0. The number of benzene rings is 2. The summed E-state index contributed by atoms with van der Waals surface area (Å²) in [6.45, 7) is 0.123. The van der Waals surface area contributed by atoms with E-state index in [0.717, 1.165) is 0 Å². The highest BCUT2D eigenvalue weighted by molar-refractivity contribution is 6.36. The van der Waals surface area contributed by atoms with Gasteiger partial charge in [0.15, 0.2) is 5.69 Å². The van der Waals surface area contributed by atoms with Gasteiger partial charge in [-0.05, 0) is 55.3 Å². The van der Waals surface area contributed by atoms with E-state index >= 15 is 0 Å². The van der Waals surface area contributed by atoms with Crippen LogP contribution in [0, 0.1) is 0 Å². The van der Waals surface area contributed by atoms with Gasteiger partial charge in [-0.3, -0.25) is 4.57 Å². The van der Waals surface area contributed by atoms with Crippen molar-refractivity contribution in [2.24, 2.45) is 0 Å². The molecule has 8 nitrogen and oxygen atoms in total. The SMILES string of the molecule is FC(F)(F)C1(c2nnc(-c3nc(-c4ccc(Cl)cc4Cl)n(-c4ccc(Cl)cc4)c3Cn3cncn3)o2)CC1. The predicted molar refractivity (Wildman–Crippen MR) is 133 cm³/mol. The molecule has 194 valence electrons. The number of aromatic nitrogens is 7. The minimum Gasteiger partial charge on any atom is -0.418 e. The van der Waals surface area contributed by atoms with E-state index in [1.807, 2.05) is 0 Å². The minimum atomic E-state index is -4.51. The molecule has 0 aliphatic heterocycles. The van der Waals surface area contributed by atoms with Crippen molar-refractivity contribution in [2.45, 2.75) is 31.0 Å². The maximum atomic E-state index is 13.7. The highest BCUT2D eigenvalue weighted by Gasteiger charge is 2.68. The molecule has 0 radical (unpaired) electrons. The van der Waals surface area contributed by atoms with Crippen LogP contribution in [-0.2, 0) is 12.0 Å². The number of rotatable bonds is 6. The van der Waals surface area contributed by atoms with Crippen LogP contribution in [0.25, 0.3) is 28.7 Å². The molecule has 1 fully saturated rings. The molecule has 6 rings (SSSR count). The Morgan fingerprint density at radius 1 is 0.974 bits per heavy atom. The molecule has 0 unspecified atom stereocenters. The third-order valence-corrected chi connectivity index (χ3v) is 7.14. The predicted octanol–water partition coefficient (Wildman–Crippen LogP) is 6.78. The Morgan fingerprint density at radius 2 is 1.71 bits per heavy atom. The third-order valence-electron chi connectivity index (χ3n) is 6.34. The van der Waals surface area contributed by atoms with Crippen LogP contribution in [-0.4, -0.2) is 40.7 Å². The average Bonchev–Trinajstić information content (AvgIpc) is 3.19. The first-order valence-corrected chi connectivity index (χ1v) is 12.4. The van der Waals surface area contributed by atoms with Gasteiger partial charge in [0.05, 0.1) is 17.3 Å². The summed E-state index contributed by atoms with van der Waals surface area (Å²) in [5, 5.41) is 13.2. The van der Waals surface area contributed by atoms with Crippen LogP contribution in [0.5, 0.6) is 0 Å². The second-order valence-corrected chi connectivity index (χ2v) is 10.0. The molecule has 0 bridgehead atoms. The quantitative estimate of drug-likeness (QED) is 0.220. The molecule has 1 aliphatic carbocycles. The molecule has 3 aromatic heterocycles. The molecule has 0 amide bonds. The zero-order valence-corrected chi connectivity index (χ0v) is 21.4. The van der Waals surface area contributed by atoms with E-state index in [0.29, 0.717) is 37.8 Å². The second-order valence-electron chi connectivity index (χ2n) is 8.75. The van der Waals surface area contributed by atoms with Gasteiger partial charge in [-0.1, -0.05) is 34.8 Å². The molecular formula is C24H15Cl3F3N7O. The summed E-state index contributed by atoms with van der Waals surface area (Å²) in [5.74, 6) is -0.278. The Balaban J connectivity index is 1.59. The fraction of sp³-hybridized carbons (Fsp3) is 0.208. The van der Waals surface area contributed by atoms with E-state index in [1.165, 1.54) is 17.3 Å². The second kappa shape index (κ2) is 9.11. The van der Waals surface area contributed by atoms with E-state index in [9.17, 15) is 13.2 Å². The lowest BCUT2D eigenvalue weighted by atomic mass is 10.1. The molecule has 0 spiro atoms. The van der Waals surface area contributed by atoms with E-state index in [2.05, 4.69) is 20.3 Å². The Hall–Kier alpha value is -3.41. The number of nitrogens with zero attached hydrogens (tertiary/aromatic N) is 7. The molecule has 5 aromatic rings. The summed E-state index contributed by atoms with van der Waals surface area (Å²) in [5.41, 5.74) is -0.298. The van der Waals surface area contributed by atoms with Crippen molar-refractivity contribution in [1.29, 1.82) is 0 Å². The largest absolute Gasteiger partial charge is 0.418 e. The highest BCUT2D eigenvalue weighted by Crippen LogP contribution is 2.58. The average molecular weight is 581 g/mol. The van der Waals surface area contributed by atoms with Crippen molar-refractivity contribution in [3.8, 4) is 28.7 Å². The van der Waals surface area contributed by atoms with Crippen LogP contribution >= 0.6 is 34.8 Å². The lowest BCUT2D eigenvalue weighted by Crippen LogP contribution is -2.28. The van der Waals surface area contributed by atoms with Gasteiger partial charge in [-0.2, -0.15) is 18.3 Å². The minimum absolute atomic E-state index is 0.116. The van der Waals surface area contributed by atoms with Gasteiger partial charge in [-0.15, -0.1) is 10.2 Å². The Labute approximate surface area is 228 Å². The van der Waals surface area contributed by atoms with Gasteiger partial charge in [-0.25, -0.2) is 14.6 Å². The number of halogens is 6. The Morgan fingerprint density at radius 3 is 2.34 bits per heavy atom. The summed E-state index contributed by atoms with van der Waals surface area (Å²) in [4.78, 5) is 8.75. The zero-order valence-electron chi connectivity index (χ0n) is 19.1. The first-order chi connectivity index (χ1) is 18.2. The fourth-order valence-corrected chi connectivity index (χ4v) is 4.83. The van der Waals surface area contributed by atoms with Crippen LogP contribution in [0.15, 0.2) is 59.5 Å². The molecular weight excluding hydrogens is 566 g/mol. The van der Waals surface area contributed by atoms with Crippen molar-refractivity contribution in [3.63, 3.8) is 0 Å². The number of alkyl halides is 3. The molecule has 1 saturated carbocycles. The van der Waals surface area contributed by atoms with Gasteiger partial charge < -0.3 is 4.42 Å². The molecule has 38 heavy (non-hydrogen) atoms. The monoisotopic (exact) mass is 579 g/mol. The van der Waals surface area contributed by atoms with Crippen LogP contribution in [0.3, 0.4) is 0 Å². The molecule has 0 N–H and O–H groups in total. The lowest BCUT2D eigenvalue weighted by Gasteiger charge is -2.14. The maximum Gasteiger partial charge on any atom is 0.403 e. The van der Waals surface area contributed by atoms with Gasteiger partial charge >= 0.3 is 6.18 Å². The van der Waals surface area contributed by atoms with E-state index in [4.69, 9.17) is 44.2 Å². The van der Waals surface area contributed by atoms with Crippen molar-refractivity contribution in [2.75, 3.05) is 0 Å². The third kappa shape index (κ3) is 4.24. The van der Waals surface area contributed by atoms with Gasteiger partial charge in [0, 0.05) is 21.3 Å². The lowest BCUT2D eigenvalue weighted by molar-refractivity contribution is -0.165. The van der Waals surface area contributed by atoms with Gasteiger partial charge in [0.25, 0.3) is 5.89 Å². The molecule has 1 aliphatic rings. The summed E-state index contributed by atoms with van der Waals surface area (Å²) < 4.78 is 50.2. The van der Waals surface area contributed by atoms with Crippen molar-refractivity contribution in [1.82, 2.24) is 34.5 Å². The Kier molecular flexibility index (Phi) is 5.97. The van der Waals surface area contributed by atoms with Crippen LogP contribution in [0.1, 0.15) is 24.4 Å². The normalized spacial score (nSPS) is 14.7. The first kappa shape index (κ1) is 24.9. The van der Waals surface area contributed by atoms with Crippen LogP contribution in [0.4, 0.5) is 13.2 Å². The molecule has 2 aromatic carbocycles. The zero-order chi connectivity index (χ0) is 26.7. The summed E-state index contributed by atoms with van der Waals surface area (Å²) in [6.07, 6.45) is -1.88. The molecule has 0 saturated heterocycles. The van der Waals surface area contributed by atoms with Crippen LogP contribution < -0.4 is 0 Å². The van der Waals surface area contributed by atoms with Crippen molar-refractivity contribution in [3.05, 3.63) is 81.8 Å². The summed E-state index contributed by atoms with van der Waals surface area (Å²) >= 11 is 18.8. The van der Waals surface area contributed by atoms with Crippen molar-refractivity contribution >= 4 is 34.8 Å². The topological polar surface area (TPSA) is 87.5 Å². The molecule has 14 heteroatoms. The van der Waals surface area contributed by atoms with Crippen molar-refractivity contribution < 1.29 is 17.6 Å². The highest BCUT2D eigenvalue weighted by atomic mass is 35.5. The van der Waals surface area contributed by atoms with E-state index < -0.39 is 17.5 Å². The van der Waals surface area contributed by atoms with E-state index in [1.54, 1.807) is 47.0 Å². The van der Waals surface area contributed by atoms with Crippen LogP contribution in [0.2, 0.25) is 15.1 Å². The number of hydrogen-bond acceptors (Lipinski definition) is 6. The Bertz CT molecular complexity index is 1630. The number of hydrogen-bond donors (Lipinski definition) is 0. The van der Waals surface area contributed by atoms with E-state index in [-0.39, 0.29) is 31.0 Å². The van der Waals surface area contributed by atoms with Gasteiger partial charge in [0.2, 0.25) is 5.89 Å². The molecule has 3 heterocycles. The maximum absolute atomic E-state index is 13.7. The summed E-state index contributed by atoms with van der Waals surface area (Å²) in [6, 6.07) is 11.9. The number of imidazole rings is 1. The van der Waals surface area contributed by atoms with Gasteiger partial charge in [0.1, 0.15) is 23.9 Å².